The molecule has 0 radical (unpaired) electrons. The van der Waals surface area contributed by atoms with E-state index in [4.69, 9.17) is 16.3 Å². The van der Waals surface area contributed by atoms with Crippen molar-refractivity contribution in [3.8, 4) is 18.7 Å². The summed E-state index contributed by atoms with van der Waals surface area (Å²) < 4.78 is 19.5. The fraction of sp³-hybridized carbons (Fsp3) is 0.405. The summed E-state index contributed by atoms with van der Waals surface area (Å²) in [6.45, 7) is 15.6. The number of terminal acetylenes is 1. The van der Waals surface area contributed by atoms with Gasteiger partial charge in [0.2, 0.25) is 5.88 Å². The number of piperidine rings is 1. The maximum absolute atomic E-state index is 13.8. The first kappa shape index (κ1) is 46.0. The van der Waals surface area contributed by atoms with E-state index in [9.17, 15) is 9.18 Å². The predicted octanol–water partition coefficient (Wildman–Crippen LogP) is 9.27. The maximum atomic E-state index is 13.8. The largest absolute Gasteiger partial charge is 2.00 e. The number of ether oxygens (including phenoxy) is 1. The van der Waals surface area contributed by atoms with E-state index >= 15 is 0 Å². The van der Waals surface area contributed by atoms with Crippen molar-refractivity contribution in [2.45, 2.75) is 78.7 Å². The van der Waals surface area contributed by atoms with E-state index in [1.54, 1.807) is 18.2 Å². The predicted molar refractivity (Wildman–Crippen MR) is 178 cm³/mol. The van der Waals surface area contributed by atoms with Crippen LogP contribution in [0, 0.1) is 108 Å². The average Bonchev–Trinajstić information content (AvgIpc) is 3.03. The molecule has 4 rings (SSSR count). The molecule has 0 bridgehead atoms. The molecule has 0 aliphatic carbocycles. The third-order valence-electron chi connectivity index (χ3n) is 7.00. The summed E-state index contributed by atoms with van der Waals surface area (Å²) in [6, 6.07) is 16.0. The first-order chi connectivity index (χ1) is 20.8. The second kappa shape index (κ2) is 28.0. The molecule has 0 atom stereocenters. The number of unbranched alkanes of at least 4 members (excludes halogenated alkanes) is 3. The number of pyridine rings is 1. The van der Waals surface area contributed by atoms with E-state index in [1.807, 2.05) is 44.4 Å². The summed E-state index contributed by atoms with van der Waals surface area (Å²) in [4.78, 5) is 17.3. The maximum Gasteiger partial charge on any atom is 2.00 e. The van der Waals surface area contributed by atoms with Gasteiger partial charge in [-0.05, 0) is 64.0 Å². The molecule has 2 aromatic carbocycles. The Morgan fingerprint density at radius 1 is 1.09 bits per heavy atom. The Labute approximate surface area is 324 Å². The smallest absolute Gasteiger partial charge is 0.473 e. The van der Waals surface area contributed by atoms with Crippen LogP contribution in [0.3, 0.4) is 0 Å². The zero-order valence-electron chi connectivity index (χ0n) is 27.3. The SMILES string of the molecule is C#C.CCCN1CCC(c2cccc(OCc3ccc(Cl)cc3F)n2)CC1.Cc1ccc([C-]=O)cc1C.[CH2-]CC[CH-]CC.[U+2].[U]. The van der Waals surface area contributed by atoms with Gasteiger partial charge in [0.05, 0.1) is 6.29 Å². The van der Waals surface area contributed by atoms with Gasteiger partial charge in [0.25, 0.3) is 0 Å². The number of benzene rings is 2. The van der Waals surface area contributed by atoms with Crippen molar-refractivity contribution in [3.05, 3.63) is 107 Å². The Hall–Kier alpha value is -1.10. The second-order valence-corrected chi connectivity index (χ2v) is 10.7. The van der Waals surface area contributed by atoms with Crippen molar-refractivity contribution in [2.24, 2.45) is 0 Å². The molecule has 8 heteroatoms. The molecule has 1 aliphatic rings. The van der Waals surface area contributed by atoms with Crippen LogP contribution in [0.1, 0.15) is 86.2 Å². The standard InChI is InChI=1S/C20H24ClFN2O.C9H9O.C6H12.C2H2.2U/c1-2-10-24-11-8-15(9-12-24)19-4-3-5-20(23-19)25-14-16-6-7-17(21)13-18(16)22;1-7-3-4-9(6-10)5-8(7)2;1-3-5-6-4-2;1-2;;/h3-7,13,15H,2,8-12,14H2,1H3;3-5H,1-2H3;6H,1,3-5H2,2H3;1-2H;;/q;-1;-2;;;+2. The number of aryl methyl sites for hydroxylation is 2. The molecule has 0 amide bonds. The van der Waals surface area contributed by atoms with Crippen molar-refractivity contribution < 1.29 is 76.1 Å². The van der Waals surface area contributed by atoms with Crippen molar-refractivity contribution in [3.63, 3.8) is 0 Å². The third-order valence-corrected chi connectivity index (χ3v) is 7.24. The summed E-state index contributed by atoms with van der Waals surface area (Å²) in [5.41, 5.74) is 4.53. The fourth-order valence-electron chi connectivity index (χ4n) is 4.45. The number of nitrogens with zero attached hydrogens (tertiary/aromatic N) is 2. The number of rotatable bonds is 10. The van der Waals surface area contributed by atoms with Gasteiger partial charge in [-0.3, -0.25) is 0 Å². The molecular weight excluding hydrogens is 1030 g/mol. The molecule has 1 aromatic heterocycles. The van der Waals surface area contributed by atoms with Crippen LogP contribution in [0.25, 0.3) is 0 Å². The van der Waals surface area contributed by atoms with Crippen LogP contribution < -0.4 is 4.74 Å². The molecule has 0 unspecified atom stereocenters. The van der Waals surface area contributed by atoms with Crippen LogP contribution in [0.4, 0.5) is 4.39 Å². The van der Waals surface area contributed by atoms with E-state index in [-0.39, 0.29) is 74.7 Å². The Balaban J connectivity index is 0. The average molecular weight is 1080 g/mol. The van der Waals surface area contributed by atoms with E-state index < -0.39 is 0 Å². The van der Waals surface area contributed by atoms with Gasteiger partial charge in [0.15, 0.2) is 0 Å². The Morgan fingerprint density at radius 2 is 1.78 bits per heavy atom. The molecule has 240 valence electrons. The second-order valence-electron chi connectivity index (χ2n) is 10.3. The van der Waals surface area contributed by atoms with Gasteiger partial charge in [-0.15, -0.1) is 24.5 Å². The van der Waals surface area contributed by atoms with Crippen LogP contribution in [-0.4, -0.2) is 35.8 Å². The summed E-state index contributed by atoms with van der Waals surface area (Å²) in [7, 11) is 0. The first-order valence-corrected chi connectivity index (χ1v) is 15.3. The first-order valence-electron chi connectivity index (χ1n) is 15.0. The zero-order chi connectivity index (χ0) is 32.0. The van der Waals surface area contributed by atoms with Gasteiger partial charge >= 0.3 is 31.1 Å². The third kappa shape index (κ3) is 18.7. The summed E-state index contributed by atoms with van der Waals surface area (Å²) in [5.74, 6) is 0.665. The monoisotopic (exact) mass is 1080 g/mol. The minimum Gasteiger partial charge on any atom is -0.473 e. The van der Waals surface area contributed by atoms with Crippen LogP contribution in [0.15, 0.2) is 54.6 Å². The molecule has 1 aliphatic heterocycles. The Morgan fingerprint density at radius 3 is 2.31 bits per heavy atom. The number of hydrogen-bond donors (Lipinski definition) is 0. The van der Waals surface area contributed by atoms with E-state index in [2.05, 4.69) is 56.0 Å². The van der Waals surface area contributed by atoms with Gasteiger partial charge < -0.3 is 27.8 Å². The van der Waals surface area contributed by atoms with E-state index in [0.717, 1.165) is 43.6 Å². The number of halogens is 2. The van der Waals surface area contributed by atoms with Crippen molar-refractivity contribution >= 4 is 17.9 Å². The molecule has 3 aromatic rings. The van der Waals surface area contributed by atoms with Crippen LogP contribution in [0.2, 0.25) is 5.02 Å². The molecule has 4 nitrogen and oxygen atoms in total. The Kier molecular flexibility index (Phi) is 28.6. The quantitative estimate of drug-likeness (QED) is 0.116. The molecule has 2 heterocycles. The van der Waals surface area contributed by atoms with Crippen molar-refractivity contribution in [1.29, 1.82) is 0 Å². The number of carbonyl (C=O) groups excluding carboxylic acids is 1. The molecule has 0 spiro atoms. The van der Waals surface area contributed by atoms with Gasteiger partial charge in [0, 0.05) is 59.4 Å². The van der Waals surface area contributed by atoms with E-state index in [0.29, 0.717) is 27.9 Å². The van der Waals surface area contributed by atoms with Gasteiger partial charge in [0.1, 0.15) is 12.4 Å². The summed E-state index contributed by atoms with van der Waals surface area (Å²) in [5, 5.41) is 0.385. The topological polar surface area (TPSA) is 42.4 Å². The van der Waals surface area contributed by atoms with Crippen LogP contribution >= 0.6 is 11.6 Å². The number of aromatic nitrogens is 1. The van der Waals surface area contributed by atoms with Crippen molar-refractivity contribution in [1.82, 2.24) is 9.88 Å². The zero-order valence-corrected chi connectivity index (χ0v) is 36.3. The minimum absolute atomic E-state index is 0. The fourth-order valence-corrected chi connectivity index (χ4v) is 4.61. The number of hydrogen-bond acceptors (Lipinski definition) is 4. The normalized spacial score (nSPS) is 12.3. The molecule has 0 saturated carbocycles. The molecule has 45 heavy (non-hydrogen) atoms. The van der Waals surface area contributed by atoms with Crippen LogP contribution in [-0.2, 0) is 11.4 Å². The van der Waals surface area contributed by atoms with Crippen molar-refractivity contribution in [2.75, 3.05) is 19.6 Å². The molecule has 1 saturated heterocycles. The molecule has 0 N–H and O–H groups in total. The summed E-state index contributed by atoms with van der Waals surface area (Å²) in [6.07, 6.45) is 19.0. The van der Waals surface area contributed by atoms with Gasteiger partial charge in [-0.25, -0.2) is 22.2 Å². The van der Waals surface area contributed by atoms with Crippen LogP contribution in [0.5, 0.6) is 5.88 Å². The molecular formula is C37H47ClFN2O2U2-. The van der Waals surface area contributed by atoms with Gasteiger partial charge in [-0.1, -0.05) is 50.1 Å². The molecule has 1 fully saturated rings. The van der Waals surface area contributed by atoms with Gasteiger partial charge in [-0.2, -0.15) is 24.1 Å². The Bertz CT molecular complexity index is 1230. The number of likely N-dealkylation sites (tertiary alicyclic amines) is 1. The summed E-state index contributed by atoms with van der Waals surface area (Å²) >= 11 is 5.77. The minimum atomic E-state index is -0.355. The van der Waals surface area contributed by atoms with E-state index in [1.165, 1.54) is 37.4 Å².